The van der Waals surface area contributed by atoms with Crippen molar-refractivity contribution in [2.24, 2.45) is 5.92 Å². The fraction of sp³-hybridized carbons (Fsp3) is 0.588. The summed E-state index contributed by atoms with van der Waals surface area (Å²) in [5.74, 6) is 0.561. The van der Waals surface area contributed by atoms with Crippen LogP contribution in [0.5, 0.6) is 0 Å². The van der Waals surface area contributed by atoms with Crippen LogP contribution in [0.3, 0.4) is 0 Å². The first kappa shape index (κ1) is 14.5. The summed E-state index contributed by atoms with van der Waals surface area (Å²) in [6.45, 7) is 5.54. The molecule has 0 bridgehead atoms. The van der Waals surface area contributed by atoms with Gasteiger partial charge in [-0.1, -0.05) is 24.3 Å². The van der Waals surface area contributed by atoms with E-state index in [1.54, 1.807) is 0 Å². The number of carbonyl (C=O) groups is 1. The fourth-order valence-corrected chi connectivity index (χ4v) is 3.47. The van der Waals surface area contributed by atoms with Gasteiger partial charge in [-0.05, 0) is 43.4 Å². The van der Waals surface area contributed by atoms with Crippen LogP contribution in [0.1, 0.15) is 24.5 Å². The Hall–Kier alpha value is -1.39. The first-order valence-corrected chi connectivity index (χ1v) is 7.89. The number of benzene rings is 1. The van der Waals surface area contributed by atoms with E-state index in [0.717, 1.165) is 39.0 Å². The molecule has 2 aliphatic rings. The Kier molecular flexibility index (Phi) is 4.27. The van der Waals surface area contributed by atoms with Gasteiger partial charge in [-0.15, -0.1) is 0 Å². The van der Waals surface area contributed by atoms with Gasteiger partial charge in [0.25, 0.3) is 0 Å². The molecule has 2 aliphatic heterocycles. The zero-order valence-corrected chi connectivity index (χ0v) is 12.7. The number of hydrogen-bond donors (Lipinski definition) is 1. The lowest BCUT2D eigenvalue weighted by Crippen LogP contribution is -2.47. The van der Waals surface area contributed by atoms with Gasteiger partial charge >= 0.3 is 0 Å². The zero-order chi connectivity index (χ0) is 14.8. The summed E-state index contributed by atoms with van der Waals surface area (Å²) in [7, 11) is 0. The van der Waals surface area contributed by atoms with Gasteiger partial charge in [0, 0.05) is 26.2 Å². The maximum atomic E-state index is 12.7. The van der Waals surface area contributed by atoms with Crippen molar-refractivity contribution < 1.29 is 9.90 Å². The van der Waals surface area contributed by atoms with Crippen LogP contribution in [-0.4, -0.2) is 53.1 Å². The van der Waals surface area contributed by atoms with E-state index in [1.165, 1.54) is 11.1 Å². The SMILES string of the molecule is CC(C(=O)N1CCc2ccccc2C1)N1CCC(CO)C1. The highest BCUT2D eigenvalue weighted by atomic mass is 16.3. The summed E-state index contributed by atoms with van der Waals surface area (Å²) in [6, 6.07) is 8.32. The summed E-state index contributed by atoms with van der Waals surface area (Å²) in [5, 5.41) is 9.24. The van der Waals surface area contributed by atoms with Gasteiger partial charge in [0.15, 0.2) is 0 Å². The monoisotopic (exact) mass is 288 g/mol. The third kappa shape index (κ3) is 2.97. The van der Waals surface area contributed by atoms with Gasteiger partial charge in [0.2, 0.25) is 5.91 Å². The average molecular weight is 288 g/mol. The average Bonchev–Trinajstić information content (AvgIpc) is 3.02. The minimum Gasteiger partial charge on any atom is -0.396 e. The highest BCUT2D eigenvalue weighted by Crippen LogP contribution is 2.22. The standard InChI is InChI=1S/C17H24N2O2/c1-13(18-8-6-14(10-18)12-20)17(21)19-9-7-15-4-2-3-5-16(15)11-19/h2-5,13-14,20H,6-12H2,1H3. The van der Waals surface area contributed by atoms with E-state index in [-0.39, 0.29) is 18.6 Å². The molecule has 0 spiro atoms. The van der Waals surface area contributed by atoms with Crippen LogP contribution in [-0.2, 0) is 17.8 Å². The molecule has 21 heavy (non-hydrogen) atoms. The van der Waals surface area contributed by atoms with Crippen LogP contribution in [0.15, 0.2) is 24.3 Å². The molecule has 4 nitrogen and oxygen atoms in total. The van der Waals surface area contributed by atoms with Crippen molar-refractivity contribution in [2.75, 3.05) is 26.2 Å². The van der Waals surface area contributed by atoms with Gasteiger partial charge in [0.1, 0.15) is 0 Å². The minimum absolute atomic E-state index is 0.0770. The lowest BCUT2D eigenvalue weighted by atomic mass is 9.99. The van der Waals surface area contributed by atoms with Crippen molar-refractivity contribution in [3.05, 3.63) is 35.4 Å². The van der Waals surface area contributed by atoms with Gasteiger partial charge in [-0.3, -0.25) is 9.69 Å². The Morgan fingerprint density at radius 3 is 2.81 bits per heavy atom. The second-order valence-electron chi connectivity index (χ2n) is 6.29. The Balaban J connectivity index is 1.64. The number of fused-ring (bicyclic) bond motifs is 1. The first-order valence-electron chi connectivity index (χ1n) is 7.89. The van der Waals surface area contributed by atoms with Crippen molar-refractivity contribution in [1.29, 1.82) is 0 Å². The highest BCUT2D eigenvalue weighted by Gasteiger charge is 2.32. The van der Waals surface area contributed by atoms with E-state index in [4.69, 9.17) is 0 Å². The smallest absolute Gasteiger partial charge is 0.239 e. The molecular formula is C17H24N2O2. The maximum absolute atomic E-state index is 12.7. The van der Waals surface area contributed by atoms with Crippen LogP contribution >= 0.6 is 0 Å². The Morgan fingerprint density at radius 1 is 1.33 bits per heavy atom. The van der Waals surface area contributed by atoms with Crippen LogP contribution < -0.4 is 0 Å². The molecule has 2 atom stereocenters. The summed E-state index contributed by atoms with van der Waals surface area (Å²) >= 11 is 0. The third-order valence-corrected chi connectivity index (χ3v) is 4.92. The number of aliphatic hydroxyl groups is 1. The molecule has 1 aromatic carbocycles. The van der Waals surface area contributed by atoms with E-state index in [0.29, 0.717) is 5.92 Å². The Labute approximate surface area is 126 Å². The van der Waals surface area contributed by atoms with Crippen molar-refractivity contribution >= 4 is 5.91 Å². The van der Waals surface area contributed by atoms with Crippen molar-refractivity contribution in [3.8, 4) is 0 Å². The van der Waals surface area contributed by atoms with E-state index in [2.05, 4.69) is 23.1 Å². The van der Waals surface area contributed by atoms with Crippen LogP contribution in [0.25, 0.3) is 0 Å². The fourth-order valence-electron chi connectivity index (χ4n) is 3.47. The highest BCUT2D eigenvalue weighted by molar-refractivity contribution is 5.81. The molecule has 114 valence electrons. The number of rotatable bonds is 3. The maximum Gasteiger partial charge on any atom is 0.239 e. The normalized spacial score (nSPS) is 23.9. The van der Waals surface area contributed by atoms with Gasteiger partial charge < -0.3 is 10.0 Å². The van der Waals surface area contributed by atoms with Crippen molar-refractivity contribution in [1.82, 2.24) is 9.80 Å². The number of amides is 1. The second-order valence-corrected chi connectivity index (χ2v) is 6.29. The Morgan fingerprint density at radius 2 is 2.10 bits per heavy atom. The number of carbonyl (C=O) groups excluding carboxylic acids is 1. The molecule has 4 heteroatoms. The minimum atomic E-state index is -0.0770. The van der Waals surface area contributed by atoms with Crippen molar-refractivity contribution in [2.45, 2.75) is 32.4 Å². The van der Waals surface area contributed by atoms with Crippen LogP contribution in [0, 0.1) is 5.92 Å². The quantitative estimate of drug-likeness (QED) is 0.911. The second kappa shape index (κ2) is 6.16. The zero-order valence-electron chi connectivity index (χ0n) is 12.7. The summed E-state index contributed by atoms with van der Waals surface area (Å²) in [6.07, 6.45) is 1.95. The van der Waals surface area contributed by atoms with Crippen LogP contribution in [0.2, 0.25) is 0 Å². The predicted molar refractivity (Wildman–Crippen MR) is 81.8 cm³/mol. The molecule has 1 N–H and O–H groups in total. The molecule has 1 amide bonds. The molecule has 1 aromatic rings. The molecule has 0 aliphatic carbocycles. The molecule has 2 heterocycles. The number of hydrogen-bond acceptors (Lipinski definition) is 3. The molecular weight excluding hydrogens is 264 g/mol. The number of aliphatic hydroxyl groups excluding tert-OH is 1. The largest absolute Gasteiger partial charge is 0.396 e. The molecule has 1 saturated heterocycles. The number of likely N-dealkylation sites (tertiary alicyclic amines) is 1. The van der Waals surface area contributed by atoms with Gasteiger partial charge in [-0.25, -0.2) is 0 Å². The lowest BCUT2D eigenvalue weighted by molar-refractivity contribution is -0.137. The first-order chi connectivity index (χ1) is 10.2. The third-order valence-electron chi connectivity index (χ3n) is 4.92. The molecule has 0 aromatic heterocycles. The summed E-state index contributed by atoms with van der Waals surface area (Å²) in [4.78, 5) is 16.9. The van der Waals surface area contributed by atoms with Crippen molar-refractivity contribution in [3.63, 3.8) is 0 Å². The molecule has 1 fully saturated rings. The van der Waals surface area contributed by atoms with E-state index < -0.39 is 0 Å². The van der Waals surface area contributed by atoms with Gasteiger partial charge in [-0.2, -0.15) is 0 Å². The Bertz CT molecular complexity index is 517. The predicted octanol–water partition coefficient (Wildman–Crippen LogP) is 1.27. The topological polar surface area (TPSA) is 43.8 Å². The molecule has 0 radical (unpaired) electrons. The summed E-state index contributed by atoms with van der Waals surface area (Å²) in [5.41, 5.74) is 2.65. The molecule has 2 unspecified atom stereocenters. The van der Waals surface area contributed by atoms with E-state index >= 15 is 0 Å². The molecule has 3 rings (SSSR count). The lowest BCUT2D eigenvalue weighted by Gasteiger charge is -2.33. The summed E-state index contributed by atoms with van der Waals surface area (Å²) < 4.78 is 0. The van der Waals surface area contributed by atoms with E-state index in [9.17, 15) is 9.90 Å². The molecule has 0 saturated carbocycles. The van der Waals surface area contributed by atoms with Gasteiger partial charge in [0.05, 0.1) is 6.04 Å². The van der Waals surface area contributed by atoms with Crippen LogP contribution in [0.4, 0.5) is 0 Å². The van der Waals surface area contributed by atoms with E-state index in [1.807, 2.05) is 17.9 Å². The number of nitrogens with zero attached hydrogens (tertiary/aromatic N) is 2.